The molecule has 0 aliphatic carbocycles. The number of carbonyl (C=O) groups is 1. The number of hydrogen-bond donors (Lipinski definition) is 1. The van der Waals surface area contributed by atoms with Gasteiger partial charge in [-0.25, -0.2) is 0 Å². The van der Waals surface area contributed by atoms with E-state index in [0.29, 0.717) is 31.0 Å². The van der Waals surface area contributed by atoms with Gasteiger partial charge in [0.15, 0.2) is 5.82 Å². The van der Waals surface area contributed by atoms with Crippen LogP contribution in [0.25, 0.3) is 0 Å². The highest BCUT2D eigenvalue weighted by Crippen LogP contribution is 2.18. The highest BCUT2D eigenvalue weighted by Gasteiger charge is 2.12. The lowest BCUT2D eigenvalue weighted by molar-refractivity contribution is -0.121. The van der Waals surface area contributed by atoms with Crippen molar-refractivity contribution in [3.8, 4) is 0 Å². The van der Waals surface area contributed by atoms with E-state index in [4.69, 9.17) is 4.52 Å². The lowest BCUT2D eigenvalue weighted by Gasteiger charge is -2.14. The molecule has 1 N–H and O–H groups in total. The molecule has 1 amide bonds. The van der Waals surface area contributed by atoms with Crippen LogP contribution in [0.1, 0.15) is 62.9 Å². The molecule has 2 rings (SSSR count). The molecule has 0 fully saturated rings. The molecule has 0 spiro atoms. The number of aryl methyl sites for hydroxylation is 1. The van der Waals surface area contributed by atoms with Crippen molar-refractivity contribution in [3.05, 3.63) is 46.0 Å². The SMILES string of the molecule is CC(C)c1noc(CCCC(=O)NC(C)c2cccc(Br)c2)n1. The van der Waals surface area contributed by atoms with Gasteiger partial charge in [-0.3, -0.25) is 4.79 Å². The van der Waals surface area contributed by atoms with Gasteiger partial charge in [-0.05, 0) is 31.0 Å². The molecule has 0 saturated heterocycles. The Morgan fingerprint density at radius 3 is 2.78 bits per heavy atom. The Morgan fingerprint density at radius 1 is 1.35 bits per heavy atom. The Balaban J connectivity index is 1.76. The summed E-state index contributed by atoms with van der Waals surface area (Å²) in [5.74, 6) is 1.59. The van der Waals surface area contributed by atoms with Crippen LogP contribution >= 0.6 is 15.9 Å². The van der Waals surface area contributed by atoms with Gasteiger partial charge in [0.25, 0.3) is 0 Å². The van der Waals surface area contributed by atoms with Gasteiger partial charge in [0.1, 0.15) is 0 Å². The fraction of sp³-hybridized carbons (Fsp3) is 0.471. The van der Waals surface area contributed by atoms with E-state index in [9.17, 15) is 4.79 Å². The summed E-state index contributed by atoms with van der Waals surface area (Å²) in [5.41, 5.74) is 1.08. The van der Waals surface area contributed by atoms with Crippen LogP contribution in [0, 0.1) is 0 Å². The summed E-state index contributed by atoms with van der Waals surface area (Å²) in [4.78, 5) is 16.3. The predicted octanol–water partition coefficient (Wildman–Crippen LogP) is 4.16. The topological polar surface area (TPSA) is 68.0 Å². The van der Waals surface area contributed by atoms with Gasteiger partial charge in [0, 0.05) is 23.2 Å². The van der Waals surface area contributed by atoms with Crippen molar-refractivity contribution < 1.29 is 9.32 Å². The first-order chi connectivity index (χ1) is 11.0. The standard InChI is InChI=1S/C17H22BrN3O2/c1-11(2)17-20-16(23-21-17)9-5-8-15(22)19-12(3)13-6-4-7-14(18)10-13/h4,6-7,10-12H,5,8-9H2,1-3H3,(H,19,22). The molecule has 0 bridgehead atoms. The molecule has 2 aromatic rings. The summed E-state index contributed by atoms with van der Waals surface area (Å²) in [5, 5.41) is 6.93. The van der Waals surface area contributed by atoms with Crippen LogP contribution in [0.3, 0.4) is 0 Å². The van der Waals surface area contributed by atoms with Crippen molar-refractivity contribution in [2.24, 2.45) is 0 Å². The van der Waals surface area contributed by atoms with Crippen molar-refractivity contribution in [1.29, 1.82) is 0 Å². The van der Waals surface area contributed by atoms with E-state index in [2.05, 4.69) is 31.4 Å². The van der Waals surface area contributed by atoms with Gasteiger partial charge in [-0.2, -0.15) is 4.98 Å². The zero-order valence-electron chi connectivity index (χ0n) is 13.7. The van der Waals surface area contributed by atoms with E-state index in [-0.39, 0.29) is 17.9 Å². The quantitative estimate of drug-likeness (QED) is 0.783. The number of rotatable bonds is 7. The highest BCUT2D eigenvalue weighted by molar-refractivity contribution is 9.10. The number of nitrogens with zero attached hydrogens (tertiary/aromatic N) is 2. The minimum atomic E-state index is -0.0176. The Labute approximate surface area is 145 Å². The average molecular weight is 380 g/mol. The minimum Gasteiger partial charge on any atom is -0.350 e. The Morgan fingerprint density at radius 2 is 2.13 bits per heavy atom. The molecule has 124 valence electrons. The summed E-state index contributed by atoms with van der Waals surface area (Å²) in [6, 6.07) is 7.92. The lowest BCUT2D eigenvalue weighted by Crippen LogP contribution is -2.26. The van der Waals surface area contributed by atoms with Crippen molar-refractivity contribution in [3.63, 3.8) is 0 Å². The van der Waals surface area contributed by atoms with Crippen LogP contribution in [0.15, 0.2) is 33.3 Å². The first kappa shape index (κ1) is 17.7. The second kappa shape index (κ2) is 8.24. The summed E-state index contributed by atoms with van der Waals surface area (Å²) < 4.78 is 6.18. The summed E-state index contributed by atoms with van der Waals surface area (Å²) >= 11 is 3.44. The summed E-state index contributed by atoms with van der Waals surface area (Å²) in [6.45, 7) is 6.02. The molecule has 5 nitrogen and oxygen atoms in total. The maximum atomic E-state index is 12.0. The molecule has 1 unspecified atom stereocenters. The maximum absolute atomic E-state index is 12.0. The third kappa shape index (κ3) is 5.46. The number of benzene rings is 1. The van der Waals surface area contributed by atoms with E-state index in [0.717, 1.165) is 10.0 Å². The van der Waals surface area contributed by atoms with Gasteiger partial charge in [-0.1, -0.05) is 47.1 Å². The van der Waals surface area contributed by atoms with Gasteiger partial charge in [-0.15, -0.1) is 0 Å². The Hall–Kier alpha value is -1.69. The van der Waals surface area contributed by atoms with Crippen LogP contribution in [0.4, 0.5) is 0 Å². The van der Waals surface area contributed by atoms with Crippen LogP contribution in [0.5, 0.6) is 0 Å². The highest BCUT2D eigenvalue weighted by atomic mass is 79.9. The fourth-order valence-corrected chi connectivity index (χ4v) is 2.59. The molecule has 23 heavy (non-hydrogen) atoms. The molecule has 0 radical (unpaired) electrons. The zero-order valence-corrected chi connectivity index (χ0v) is 15.3. The lowest BCUT2D eigenvalue weighted by atomic mass is 10.1. The van der Waals surface area contributed by atoms with Crippen LogP contribution in [0.2, 0.25) is 0 Å². The van der Waals surface area contributed by atoms with E-state index >= 15 is 0 Å². The Kier molecular flexibility index (Phi) is 6.33. The number of nitrogens with one attached hydrogen (secondary N) is 1. The number of carbonyl (C=O) groups excluding carboxylic acids is 1. The summed E-state index contributed by atoms with van der Waals surface area (Å²) in [7, 11) is 0. The van der Waals surface area contributed by atoms with Crippen molar-refractivity contribution in [2.75, 3.05) is 0 Å². The first-order valence-electron chi connectivity index (χ1n) is 7.83. The monoisotopic (exact) mass is 379 g/mol. The van der Waals surface area contributed by atoms with Crippen LogP contribution < -0.4 is 5.32 Å². The molecule has 0 aliphatic rings. The molecule has 1 aromatic carbocycles. The second-order valence-corrected chi connectivity index (χ2v) is 6.81. The third-order valence-corrected chi connectivity index (χ3v) is 4.01. The molecule has 1 atom stereocenters. The van der Waals surface area contributed by atoms with Crippen LogP contribution in [-0.4, -0.2) is 16.0 Å². The Bertz CT molecular complexity index is 655. The minimum absolute atomic E-state index is 0.0176. The molecular weight excluding hydrogens is 358 g/mol. The third-order valence-electron chi connectivity index (χ3n) is 3.52. The van der Waals surface area contributed by atoms with Crippen LogP contribution in [-0.2, 0) is 11.2 Å². The predicted molar refractivity (Wildman–Crippen MR) is 92.0 cm³/mol. The van der Waals surface area contributed by atoms with Gasteiger partial charge < -0.3 is 9.84 Å². The van der Waals surface area contributed by atoms with Gasteiger partial charge in [0.05, 0.1) is 6.04 Å². The number of amides is 1. The maximum Gasteiger partial charge on any atom is 0.226 e. The second-order valence-electron chi connectivity index (χ2n) is 5.90. The van der Waals surface area contributed by atoms with Crippen molar-refractivity contribution in [1.82, 2.24) is 15.5 Å². The average Bonchev–Trinajstić information content (AvgIpc) is 2.96. The number of hydrogen-bond acceptors (Lipinski definition) is 4. The molecular formula is C17H22BrN3O2. The molecule has 1 aromatic heterocycles. The molecule has 1 heterocycles. The number of halogens is 1. The fourth-order valence-electron chi connectivity index (χ4n) is 2.18. The summed E-state index contributed by atoms with van der Waals surface area (Å²) in [6.07, 6.45) is 1.76. The first-order valence-corrected chi connectivity index (χ1v) is 8.62. The van der Waals surface area contributed by atoms with Gasteiger partial charge in [0.2, 0.25) is 11.8 Å². The normalized spacial score (nSPS) is 12.4. The smallest absolute Gasteiger partial charge is 0.226 e. The number of aromatic nitrogens is 2. The van der Waals surface area contributed by atoms with E-state index in [1.165, 1.54) is 0 Å². The van der Waals surface area contributed by atoms with E-state index in [1.807, 2.05) is 45.0 Å². The van der Waals surface area contributed by atoms with Crippen molar-refractivity contribution >= 4 is 21.8 Å². The molecule has 6 heteroatoms. The van der Waals surface area contributed by atoms with E-state index in [1.54, 1.807) is 0 Å². The van der Waals surface area contributed by atoms with E-state index < -0.39 is 0 Å². The van der Waals surface area contributed by atoms with Crippen molar-refractivity contribution in [2.45, 2.75) is 52.0 Å². The largest absolute Gasteiger partial charge is 0.350 e. The zero-order chi connectivity index (χ0) is 16.8. The molecule has 0 saturated carbocycles. The van der Waals surface area contributed by atoms with Gasteiger partial charge >= 0.3 is 0 Å². The molecule has 0 aliphatic heterocycles.